The second kappa shape index (κ2) is 7.89. The first kappa shape index (κ1) is 17.2. The summed E-state index contributed by atoms with van der Waals surface area (Å²) in [5.41, 5.74) is 0.577. The number of phenolic OH excluding ortho intramolecular Hbond substituents is 1. The van der Waals surface area contributed by atoms with E-state index in [1.165, 1.54) is 48.5 Å². The monoisotopic (exact) mass is 328 g/mol. The normalized spacial score (nSPS) is 11.4. The maximum absolute atomic E-state index is 11.9. The summed E-state index contributed by atoms with van der Waals surface area (Å²) in [6, 6.07) is 11.6. The number of nitrogens with zero attached hydrogens (tertiary/aromatic N) is 1. The van der Waals surface area contributed by atoms with Crippen molar-refractivity contribution in [3.8, 4) is 11.5 Å². The van der Waals surface area contributed by atoms with Gasteiger partial charge >= 0.3 is 11.9 Å². The number of hydrogen-bond donors (Lipinski definition) is 2. The van der Waals surface area contributed by atoms with Crippen molar-refractivity contribution >= 4 is 18.7 Å². The fourth-order valence-corrected chi connectivity index (χ4v) is 1.78. The van der Waals surface area contributed by atoms with Crippen molar-refractivity contribution < 1.29 is 24.2 Å². The molecule has 2 aromatic rings. The molecule has 0 saturated heterocycles. The Balaban J connectivity index is 2.01. The van der Waals surface area contributed by atoms with Gasteiger partial charge in [-0.05, 0) is 62.3 Å². The smallest absolute Gasteiger partial charge is 0.343 e. The molecule has 2 N–H and O–H groups in total. The molecule has 0 fully saturated rings. The second-order valence-electron chi connectivity index (χ2n) is 4.69. The summed E-state index contributed by atoms with van der Waals surface area (Å²) in [7, 11) is 1.58. The lowest BCUT2D eigenvalue weighted by Crippen LogP contribution is -2.28. The van der Waals surface area contributed by atoms with Gasteiger partial charge in [-0.25, -0.2) is 14.6 Å². The fourth-order valence-electron chi connectivity index (χ4n) is 1.78. The van der Waals surface area contributed by atoms with Crippen molar-refractivity contribution in [1.29, 1.82) is 0 Å². The Kier molecular flexibility index (Phi) is 5.64. The average Bonchev–Trinajstić information content (AvgIpc) is 2.60. The minimum atomic E-state index is -0.829. The number of rotatable bonds is 6. The number of hydrogen-bond acceptors (Lipinski definition) is 7. The van der Waals surface area contributed by atoms with E-state index in [0.717, 1.165) is 0 Å². The molecule has 124 valence electrons. The number of aromatic hydroxyl groups is 1. The highest BCUT2D eigenvalue weighted by Gasteiger charge is 2.13. The summed E-state index contributed by atoms with van der Waals surface area (Å²) in [4.78, 5) is 27.4. The highest BCUT2D eigenvalue weighted by Crippen LogP contribution is 2.16. The van der Waals surface area contributed by atoms with Gasteiger partial charge in [0.1, 0.15) is 11.5 Å². The van der Waals surface area contributed by atoms with Gasteiger partial charge in [-0.3, -0.25) is 5.32 Å². The Morgan fingerprint density at radius 2 is 1.58 bits per heavy atom. The van der Waals surface area contributed by atoms with E-state index in [9.17, 15) is 14.7 Å². The van der Waals surface area contributed by atoms with Crippen LogP contribution in [0.4, 0.5) is 0 Å². The zero-order chi connectivity index (χ0) is 17.5. The van der Waals surface area contributed by atoms with Gasteiger partial charge < -0.3 is 14.6 Å². The van der Waals surface area contributed by atoms with Gasteiger partial charge in [0.25, 0.3) is 0 Å². The van der Waals surface area contributed by atoms with Crippen molar-refractivity contribution in [3.63, 3.8) is 0 Å². The lowest BCUT2D eigenvalue weighted by molar-refractivity contribution is 0.0263. The zero-order valence-electron chi connectivity index (χ0n) is 12.9. The van der Waals surface area contributed by atoms with Crippen molar-refractivity contribution in [3.05, 3.63) is 59.7 Å². The third kappa shape index (κ3) is 4.40. The number of phenols is 1. The van der Waals surface area contributed by atoms with E-state index in [4.69, 9.17) is 9.47 Å². The third-order valence-electron chi connectivity index (χ3n) is 3.04. The third-order valence-corrected chi connectivity index (χ3v) is 3.04. The van der Waals surface area contributed by atoms with Gasteiger partial charge in [0.15, 0.2) is 0 Å². The van der Waals surface area contributed by atoms with E-state index in [0.29, 0.717) is 5.56 Å². The van der Waals surface area contributed by atoms with Crippen LogP contribution < -0.4 is 10.1 Å². The Labute approximate surface area is 138 Å². The van der Waals surface area contributed by atoms with Crippen molar-refractivity contribution in [2.75, 3.05) is 7.05 Å². The van der Waals surface area contributed by atoms with Gasteiger partial charge in [0.05, 0.1) is 11.1 Å². The van der Waals surface area contributed by atoms with Crippen LogP contribution in [0.3, 0.4) is 0 Å². The Bertz CT molecular complexity index is 726. The van der Waals surface area contributed by atoms with Crippen LogP contribution in [0.5, 0.6) is 11.5 Å². The molecule has 0 heterocycles. The summed E-state index contributed by atoms with van der Waals surface area (Å²) in [6.45, 7) is 3.30. The van der Waals surface area contributed by atoms with E-state index in [1.54, 1.807) is 7.05 Å². The van der Waals surface area contributed by atoms with Gasteiger partial charge in [-0.1, -0.05) is 0 Å². The van der Waals surface area contributed by atoms with Crippen LogP contribution >= 0.6 is 0 Å². The van der Waals surface area contributed by atoms with Crippen molar-refractivity contribution in [2.24, 2.45) is 4.99 Å². The van der Waals surface area contributed by atoms with E-state index in [1.807, 2.05) is 0 Å². The average molecular weight is 328 g/mol. The molecule has 7 heteroatoms. The van der Waals surface area contributed by atoms with Crippen LogP contribution in [0.1, 0.15) is 20.7 Å². The molecular formula is C17H16N2O5. The van der Waals surface area contributed by atoms with E-state index >= 15 is 0 Å². The molecule has 0 aromatic heterocycles. The number of ether oxygens (including phenoxy) is 2. The second-order valence-corrected chi connectivity index (χ2v) is 4.69. The predicted octanol–water partition coefficient (Wildman–Crippen LogP) is 1.97. The number of carbonyl (C=O) groups excluding carboxylic acids is 2. The molecule has 0 aliphatic heterocycles. The van der Waals surface area contributed by atoms with Gasteiger partial charge in [-0.2, -0.15) is 0 Å². The molecule has 0 saturated carbocycles. The first-order valence-electron chi connectivity index (χ1n) is 6.99. The number of nitrogens with one attached hydrogen (secondary N) is 1. The molecule has 0 aliphatic rings. The Morgan fingerprint density at radius 1 is 1.04 bits per heavy atom. The summed E-state index contributed by atoms with van der Waals surface area (Å²) in [6.07, 6.45) is -0.829. The quantitative estimate of drug-likeness (QED) is 0.364. The molecule has 0 aliphatic carbocycles. The minimum absolute atomic E-state index is 0.0586. The Hall–Kier alpha value is -3.19. The van der Waals surface area contributed by atoms with Gasteiger partial charge in [0, 0.05) is 0 Å². The maximum Gasteiger partial charge on any atom is 0.343 e. The molecule has 0 amide bonds. The molecule has 0 bridgehead atoms. The fraction of sp³-hybridized carbons (Fsp3) is 0.118. The van der Waals surface area contributed by atoms with Crippen LogP contribution in [-0.2, 0) is 4.74 Å². The van der Waals surface area contributed by atoms with E-state index in [-0.39, 0.29) is 17.1 Å². The Morgan fingerprint density at radius 3 is 2.12 bits per heavy atom. The number of aliphatic imine (C=N–C) groups is 1. The van der Waals surface area contributed by atoms with Crippen molar-refractivity contribution in [2.45, 2.75) is 6.35 Å². The number of benzene rings is 2. The largest absolute Gasteiger partial charge is 0.508 e. The van der Waals surface area contributed by atoms with Crippen LogP contribution in [0, 0.1) is 0 Å². The predicted molar refractivity (Wildman–Crippen MR) is 87.3 cm³/mol. The van der Waals surface area contributed by atoms with Gasteiger partial charge in [-0.15, -0.1) is 0 Å². The lowest BCUT2D eigenvalue weighted by atomic mass is 10.2. The lowest BCUT2D eigenvalue weighted by Gasteiger charge is -2.12. The van der Waals surface area contributed by atoms with Crippen LogP contribution in [0.25, 0.3) is 0 Å². The molecule has 1 atom stereocenters. The summed E-state index contributed by atoms with van der Waals surface area (Å²) < 4.78 is 10.2. The highest BCUT2D eigenvalue weighted by molar-refractivity contribution is 5.92. The molecule has 7 nitrogen and oxygen atoms in total. The topological polar surface area (TPSA) is 97.2 Å². The van der Waals surface area contributed by atoms with Crippen LogP contribution in [-0.4, -0.2) is 37.2 Å². The van der Waals surface area contributed by atoms with E-state index in [2.05, 4.69) is 17.0 Å². The standard InChI is InChI=1S/C17H16N2O5/c1-18-17(19-2)24-16(22)12-5-9-14(10-6-12)23-15(21)11-3-7-13(20)8-4-11/h3-10,17,19-20H,1H2,2H3. The zero-order valence-corrected chi connectivity index (χ0v) is 12.9. The van der Waals surface area contributed by atoms with Crippen LogP contribution in [0.2, 0.25) is 0 Å². The summed E-state index contributed by atoms with van der Waals surface area (Å²) >= 11 is 0. The molecule has 0 spiro atoms. The first-order chi connectivity index (χ1) is 11.5. The van der Waals surface area contributed by atoms with Gasteiger partial charge in [0.2, 0.25) is 6.35 Å². The molecule has 1 unspecified atom stereocenters. The molecule has 2 rings (SSSR count). The molecular weight excluding hydrogens is 312 g/mol. The molecule has 24 heavy (non-hydrogen) atoms. The number of carbonyl (C=O) groups is 2. The number of esters is 2. The maximum atomic E-state index is 11.9. The van der Waals surface area contributed by atoms with E-state index < -0.39 is 18.3 Å². The minimum Gasteiger partial charge on any atom is -0.508 e. The first-order valence-corrected chi connectivity index (χ1v) is 6.99. The molecule has 0 radical (unpaired) electrons. The van der Waals surface area contributed by atoms with Crippen molar-refractivity contribution in [1.82, 2.24) is 5.32 Å². The highest BCUT2D eigenvalue weighted by atomic mass is 16.6. The molecule has 2 aromatic carbocycles. The SMILES string of the molecule is C=NC(NC)OC(=O)c1ccc(OC(=O)c2ccc(O)cc2)cc1. The summed E-state index contributed by atoms with van der Waals surface area (Å²) in [5.74, 6) is -0.825. The van der Waals surface area contributed by atoms with Crippen LogP contribution in [0.15, 0.2) is 53.5 Å². The summed E-state index contributed by atoms with van der Waals surface area (Å²) in [5, 5.41) is 11.9.